The molecule has 1 aliphatic rings. The van der Waals surface area contributed by atoms with Crippen molar-refractivity contribution < 1.29 is 18.4 Å². The zero-order chi connectivity index (χ0) is 26.2. The van der Waals surface area contributed by atoms with E-state index in [9.17, 15) is 18.4 Å². The Bertz CT molecular complexity index is 1470. The Balaban J connectivity index is 1.26. The van der Waals surface area contributed by atoms with Crippen LogP contribution in [0.5, 0.6) is 0 Å². The summed E-state index contributed by atoms with van der Waals surface area (Å²) in [5.41, 5.74) is 3.61. The first-order valence-electron chi connectivity index (χ1n) is 11.7. The molecule has 37 heavy (non-hydrogen) atoms. The molecule has 11 nitrogen and oxygen atoms in total. The van der Waals surface area contributed by atoms with Crippen molar-refractivity contribution in [2.45, 2.75) is 25.7 Å². The molecule has 0 unspecified atom stereocenters. The first-order chi connectivity index (χ1) is 17.7. The number of likely N-dealkylation sites (tertiary alicyclic amines) is 1. The average Bonchev–Trinajstić information content (AvgIpc) is 3.48. The Morgan fingerprint density at radius 2 is 1.86 bits per heavy atom. The number of alkyl halides is 2. The molecular formula is C24H25F2N9O2. The van der Waals surface area contributed by atoms with E-state index in [1.54, 1.807) is 39.4 Å². The topological polar surface area (TPSA) is 122 Å². The Morgan fingerprint density at radius 1 is 1.08 bits per heavy atom. The fraction of sp³-hybridized carbons (Fsp3) is 0.333. The maximum absolute atomic E-state index is 13.3. The summed E-state index contributed by atoms with van der Waals surface area (Å²) >= 11 is 0. The van der Waals surface area contributed by atoms with E-state index in [0.717, 1.165) is 11.1 Å². The molecule has 1 aliphatic heterocycles. The summed E-state index contributed by atoms with van der Waals surface area (Å²) in [6.45, 7) is 2.03. The summed E-state index contributed by atoms with van der Waals surface area (Å²) < 4.78 is 30.0. The third-order valence-electron chi connectivity index (χ3n) is 6.22. The lowest BCUT2D eigenvalue weighted by Crippen LogP contribution is -2.43. The van der Waals surface area contributed by atoms with Gasteiger partial charge in [0.1, 0.15) is 0 Å². The van der Waals surface area contributed by atoms with Crippen LogP contribution in [-0.2, 0) is 11.8 Å². The second-order valence-electron chi connectivity index (χ2n) is 9.06. The predicted molar refractivity (Wildman–Crippen MR) is 131 cm³/mol. The lowest BCUT2D eigenvalue weighted by atomic mass is 10.1. The van der Waals surface area contributed by atoms with E-state index in [0.29, 0.717) is 22.7 Å². The van der Waals surface area contributed by atoms with Crippen LogP contribution in [0, 0.1) is 6.92 Å². The minimum atomic E-state index is -2.67. The minimum Gasteiger partial charge on any atom is -0.324 e. The maximum Gasteiger partial charge on any atom is 0.294 e. The minimum absolute atomic E-state index is 0.00157. The quantitative estimate of drug-likeness (QED) is 0.410. The molecule has 2 N–H and O–H groups in total. The highest BCUT2D eigenvalue weighted by Gasteiger charge is 2.34. The van der Waals surface area contributed by atoms with Crippen LogP contribution in [0.2, 0.25) is 0 Å². The van der Waals surface area contributed by atoms with Gasteiger partial charge in [0.15, 0.2) is 5.65 Å². The highest BCUT2D eigenvalue weighted by Crippen LogP contribution is 2.27. The number of carbonyl (C=O) groups excluding carboxylic acids is 2. The molecule has 13 heteroatoms. The number of hydrogen-bond donors (Lipinski definition) is 2. The number of amides is 2. The Labute approximate surface area is 210 Å². The van der Waals surface area contributed by atoms with Crippen LogP contribution < -0.4 is 10.6 Å². The third-order valence-corrected chi connectivity index (χ3v) is 6.22. The molecule has 0 saturated carbocycles. The fourth-order valence-corrected chi connectivity index (χ4v) is 4.14. The second-order valence-corrected chi connectivity index (χ2v) is 9.06. The molecule has 0 radical (unpaired) electrons. The van der Waals surface area contributed by atoms with Crippen LogP contribution in [0.15, 0.2) is 43.0 Å². The van der Waals surface area contributed by atoms with E-state index < -0.39 is 11.8 Å². The number of aryl methyl sites for hydroxylation is 2. The van der Waals surface area contributed by atoms with Crippen molar-refractivity contribution in [3.05, 3.63) is 54.5 Å². The standard InChI is InChI=1S/C24H25F2N9O2/c1-15-19(10-18(12-27-15)29-21(36)14-34-7-4-24(25,26)5-8-34)30-23(37)22-32-31-20-9-16(3-6-35(20)22)17-11-28-33(2)13-17/h3,6,9-13H,4-5,7-8,14H2,1-2H3,(H,29,36)(H,30,37). The summed E-state index contributed by atoms with van der Waals surface area (Å²) in [5, 5.41) is 17.8. The van der Waals surface area contributed by atoms with E-state index in [2.05, 4.69) is 30.9 Å². The molecule has 0 spiro atoms. The SMILES string of the molecule is Cc1ncc(NC(=O)CN2CCC(F)(F)CC2)cc1NC(=O)c1nnc2cc(-c3cnn(C)c3)ccn12. The van der Waals surface area contributed by atoms with Gasteiger partial charge in [0, 0.05) is 50.9 Å². The zero-order valence-electron chi connectivity index (χ0n) is 20.3. The molecule has 4 aromatic heterocycles. The fourth-order valence-electron chi connectivity index (χ4n) is 4.14. The predicted octanol–water partition coefficient (Wildman–Crippen LogP) is 2.76. The molecule has 2 amide bonds. The van der Waals surface area contributed by atoms with E-state index in [-0.39, 0.29) is 44.2 Å². The van der Waals surface area contributed by atoms with Gasteiger partial charge in [0.25, 0.3) is 11.8 Å². The number of anilines is 2. The number of aromatic nitrogens is 6. The Kier molecular flexibility index (Phi) is 6.38. The molecule has 0 aromatic carbocycles. The lowest BCUT2D eigenvalue weighted by Gasteiger charge is -2.31. The first-order valence-corrected chi connectivity index (χ1v) is 11.7. The van der Waals surface area contributed by atoms with Crippen LogP contribution in [0.25, 0.3) is 16.8 Å². The summed E-state index contributed by atoms with van der Waals surface area (Å²) in [6.07, 6.45) is 6.28. The van der Waals surface area contributed by atoms with E-state index >= 15 is 0 Å². The second kappa shape index (κ2) is 9.65. The zero-order valence-corrected chi connectivity index (χ0v) is 20.3. The van der Waals surface area contributed by atoms with Crippen LogP contribution >= 0.6 is 0 Å². The van der Waals surface area contributed by atoms with E-state index in [4.69, 9.17) is 0 Å². The molecule has 5 heterocycles. The van der Waals surface area contributed by atoms with Crippen LogP contribution in [0.4, 0.5) is 20.2 Å². The van der Waals surface area contributed by atoms with Gasteiger partial charge in [-0.25, -0.2) is 8.78 Å². The molecule has 0 atom stereocenters. The monoisotopic (exact) mass is 509 g/mol. The molecule has 0 bridgehead atoms. The lowest BCUT2D eigenvalue weighted by molar-refractivity contribution is -0.119. The summed E-state index contributed by atoms with van der Waals surface area (Å²) in [5.74, 6) is -3.42. The summed E-state index contributed by atoms with van der Waals surface area (Å²) in [4.78, 5) is 31.4. The Hall–Kier alpha value is -4.26. The van der Waals surface area contributed by atoms with E-state index in [1.807, 2.05) is 25.4 Å². The number of fused-ring (bicyclic) bond motifs is 1. The van der Waals surface area contributed by atoms with Crippen LogP contribution in [0.1, 0.15) is 29.2 Å². The summed E-state index contributed by atoms with van der Waals surface area (Å²) in [6, 6.07) is 5.25. The van der Waals surface area contributed by atoms with Gasteiger partial charge in [-0.2, -0.15) is 5.10 Å². The number of hydrogen-bond acceptors (Lipinski definition) is 7. The van der Waals surface area contributed by atoms with Crippen molar-refractivity contribution in [3.63, 3.8) is 0 Å². The van der Waals surface area contributed by atoms with Crippen molar-refractivity contribution in [1.29, 1.82) is 0 Å². The first kappa shape index (κ1) is 24.4. The highest BCUT2D eigenvalue weighted by atomic mass is 19.3. The molecule has 0 aliphatic carbocycles. The van der Waals surface area contributed by atoms with Gasteiger partial charge in [-0.1, -0.05) is 0 Å². The highest BCUT2D eigenvalue weighted by molar-refractivity contribution is 6.03. The van der Waals surface area contributed by atoms with Crippen LogP contribution in [-0.4, -0.2) is 71.6 Å². The van der Waals surface area contributed by atoms with Crippen molar-refractivity contribution in [2.75, 3.05) is 30.3 Å². The smallest absolute Gasteiger partial charge is 0.294 e. The molecule has 192 valence electrons. The maximum atomic E-state index is 13.3. The van der Waals surface area contributed by atoms with Gasteiger partial charge in [-0.15, -0.1) is 10.2 Å². The molecule has 1 fully saturated rings. The van der Waals surface area contributed by atoms with Gasteiger partial charge in [0.05, 0.1) is 36.0 Å². The van der Waals surface area contributed by atoms with Gasteiger partial charge in [-0.3, -0.25) is 28.6 Å². The summed E-state index contributed by atoms with van der Waals surface area (Å²) in [7, 11) is 1.83. The number of pyridine rings is 2. The van der Waals surface area contributed by atoms with Crippen molar-refractivity contribution in [3.8, 4) is 11.1 Å². The Morgan fingerprint density at radius 3 is 2.59 bits per heavy atom. The average molecular weight is 510 g/mol. The number of rotatable bonds is 6. The number of piperidine rings is 1. The molecule has 4 aromatic rings. The van der Waals surface area contributed by atoms with Gasteiger partial charge < -0.3 is 10.6 Å². The third kappa shape index (κ3) is 5.45. The van der Waals surface area contributed by atoms with E-state index in [1.165, 1.54) is 6.20 Å². The number of halogens is 2. The molecule has 1 saturated heterocycles. The number of carbonyl (C=O) groups is 2. The van der Waals surface area contributed by atoms with Crippen molar-refractivity contribution in [2.24, 2.45) is 7.05 Å². The van der Waals surface area contributed by atoms with Crippen molar-refractivity contribution in [1.82, 2.24) is 34.3 Å². The molecule has 5 rings (SSSR count). The normalized spacial score (nSPS) is 15.6. The number of nitrogens with zero attached hydrogens (tertiary/aromatic N) is 7. The largest absolute Gasteiger partial charge is 0.324 e. The van der Waals surface area contributed by atoms with Gasteiger partial charge >= 0.3 is 0 Å². The van der Waals surface area contributed by atoms with Crippen molar-refractivity contribution >= 4 is 28.8 Å². The number of nitrogens with one attached hydrogen (secondary N) is 2. The van der Waals surface area contributed by atoms with Gasteiger partial charge in [-0.05, 0) is 30.7 Å². The van der Waals surface area contributed by atoms with Gasteiger partial charge in [0.2, 0.25) is 11.7 Å². The molecular weight excluding hydrogens is 484 g/mol. The van der Waals surface area contributed by atoms with Crippen LogP contribution in [0.3, 0.4) is 0 Å².